The highest BCUT2D eigenvalue weighted by Crippen LogP contribution is 2.21. The molecule has 0 spiro atoms. The molecule has 0 unspecified atom stereocenters. The minimum atomic E-state index is -0.0212. The van der Waals surface area contributed by atoms with Gasteiger partial charge in [0.25, 0.3) is 5.91 Å². The number of carbonyl (C=O) groups excluding carboxylic acids is 2. The highest BCUT2D eigenvalue weighted by molar-refractivity contribution is 5.97. The summed E-state index contributed by atoms with van der Waals surface area (Å²) in [6.07, 6.45) is 0.531. The Bertz CT molecular complexity index is 878. The van der Waals surface area contributed by atoms with Gasteiger partial charge in [0.2, 0.25) is 5.91 Å². The summed E-state index contributed by atoms with van der Waals surface area (Å²) in [6.45, 7) is 12.4. The summed E-state index contributed by atoms with van der Waals surface area (Å²) in [4.78, 5) is 38.0. The number of rotatable bonds is 2. The molecule has 1 saturated heterocycles. The van der Waals surface area contributed by atoms with Crippen LogP contribution in [0.4, 0.5) is 0 Å². The van der Waals surface area contributed by atoms with E-state index in [-0.39, 0.29) is 17.2 Å². The molecule has 0 bridgehead atoms. The largest absolute Gasteiger partial charge is 0.339 e. The maximum atomic E-state index is 12.9. The van der Waals surface area contributed by atoms with Crippen molar-refractivity contribution in [3.8, 4) is 0 Å². The molecule has 2 aromatic rings. The first-order valence-electron chi connectivity index (χ1n) is 9.46. The Kier molecular flexibility index (Phi) is 5.18. The number of fused-ring (bicyclic) bond motifs is 1. The fraction of sp³-hybridized carbons (Fsp3) is 0.524. The summed E-state index contributed by atoms with van der Waals surface area (Å²) < 4.78 is 0. The molecule has 0 radical (unpaired) electrons. The molecule has 2 amide bonds. The van der Waals surface area contributed by atoms with E-state index in [9.17, 15) is 9.59 Å². The van der Waals surface area contributed by atoms with E-state index >= 15 is 0 Å². The quantitative estimate of drug-likeness (QED) is 0.817. The first-order chi connectivity index (χ1) is 12.6. The average molecular weight is 368 g/mol. The van der Waals surface area contributed by atoms with Gasteiger partial charge in [-0.2, -0.15) is 0 Å². The van der Waals surface area contributed by atoms with Gasteiger partial charge in [-0.25, -0.2) is 9.97 Å². The molecular weight excluding hydrogens is 340 g/mol. The lowest BCUT2D eigenvalue weighted by Gasteiger charge is -2.36. The number of carbonyl (C=O) groups is 2. The van der Waals surface area contributed by atoms with Gasteiger partial charge in [-0.1, -0.05) is 20.8 Å². The van der Waals surface area contributed by atoms with Crippen LogP contribution in [0.3, 0.4) is 0 Å². The second-order valence-corrected chi connectivity index (χ2v) is 8.51. The van der Waals surface area contributed by atoms with Crippen molar-refractivity contribution in [1.82, 2.24) is 19.8 Å². The second kappa shape index (κ2) is 7.25. The minimum absolute atomic E-state index is 0.0140. The van der Waals surface area contributed by atoms with Crippen molar-refractivity contribution in [2.45, 2.75) is 41.0 Å². The van der Waals surface area contributed by atoms with Gasteiger partial charge in [0.15, 0.2) is 0 Å². The van der Waals surface area contributed by atoms with Crippen LogP contribution in [-0.2, 0) is 4.79 Å². The van der Waals surface area contributed by atoms with Gasteiger partial charge in [0.05, 0.1) is 22.4 Å². The average Bonchev–Trinajstić information content (AvgIpc) is 2.60. The lowest BCUT2D eigenvalue weighted by molar-refractivity contribution is -0.134. The van der Waals surface area contributed by atoms with E-state index in [1.165, 1.54) is 0 Å². The molecule has 1 aromatic carbocycles. The first-order valence-corrected chi connectivity index (χ1v) is 9.46. The fourth-order valence-electron chi connectivity index (χ4n) is 3.27. The van der Waals surface area contributed by atoms with Gasteiger partial charge in [-0.15, -0.1) is 0 Å². The predicted molar refractivity (Wildman–Crippen MR) is 106 cm³/mol. The van der Waals surface area contributed by atoms with E-state index in [4.69, 9.17) is 0 Å². The molecule has 1 aliphatic rings. The molecule has 0 saturated carbocycles. The van der Waals surface area contributed by atoms with Crippen molar-refractivity contribution >= 4 is 22.8 Å². The molecule has 144 valence electrons. The molecule has 1 aliphatic heterocycles. The molecule has 3 rings (SSSR count). The Hall–Kier alpha value is -2.50. The van der Waals surface area contributed by atoms with Crippen molar-refractivity contribution in [3.05, 3.63) is 35.2 Å². The van der Waals surface area contributed by atoms with Crippen LogP contribution in [0, 0.1) is 19.3 Å². The van der Waals surface area contributed by atoms with E-state index < -0.39 is 0 Å². The van der Waals surface area contributed by atoms with Crippen LogP contribution in [0.25, 0.3) is 11.0 Å². The van der Waals surface area contributed by atoms with E-state index in [0.29, 0.717) is 38.2 Å². The molecule has 0 aliphatic carbocycles. The van der Waals surface area contributed by atoms with Crippen LogP contribution in [0.1, 0.15) is 48.9 Å². The van der Waals surface area contributed by atoms with Gasteiger partial charge in [-0.05, 0) is 37.5 Å². The fourth-order valence-corrected chi connectivity index (χ4v) is 3.27. The summed E-state index contributed by atoms with van der Waals surface area (Å²) in [5.74, 6) is 0.154. The number of hydrogen-bond donors (Lipinski definition) is 0. The number of hydrogen-bond acceptors (Lipinski definition) is 4. The Morgan fingerprint density at radius 3 is 2.07 bits per heavy atom. The summed E-state index contributed by atoms with van der Waals surface area (Å²) in [5, 5.41) is 0. The van der Waals surface area contributed by atoms with Crippen LogP contribution in [0.2, 0.25) is 0 Å². The maximum absolute atomic E-state index is 12.9. The predicted octanol–water partition coefficient (Wildman–Crippen LogP) is 2.97. The van der Waals surface area contributed by atoms with Crippen LogP contribution in [0.5, 0.6) is 0 Å². The summed E-state index contributed by atoms with van der Waals surface area (Å²) in [7, 11) is 0. The summed E-state index contributed by atoms with van der Waals surface area (Å²) in [6, 6.07) is 5.48. The zero-order chi connectivity index (χ0) is 19.8. The van der Waals surface area contributed by atoms with Crippen molar-refractivity contribution in [2.75, 3.05) is 26.2 Å². The highest BCUT2D eigenvalue weighted by atomic mass is 16.2. The normalized spacial score (nSPS) is 15.3. The Balaban J connectivity index is 1.68. The van der Waals surface area contributed by atoms with E-state index in [1.807, 2.05) is 41.8 Å². The molecule has 1 aromatic heterocycles. The van der Waals surface area contributed by atoms with Gasteiger partial charge < -0.3 is 9.80 Å². The lowest BCUT2D eigenvalue weighted by atomic mass is 9.91. The number of benzene rings is 1. The number of aryl methyl sites for hydroxylation is 2. The van der Waals surface area contributed by atoms with Gasteiger partial charge in [-0.3, -0.25) is 9.59 Å². The van der Waals surface area contributed by atoms with Crippen LogP contribution < -0.4 is 0 Å². The third-order valence-corrected chi connectivity index (χ3v) is 4.92. The summed E-state index contributed by atoms with van der Waals surface area (Å²) >= 11 is 0. The second-order valence-electron chi connectivity index (χ2n) is 8.51. The topological polar surface area (TPSA) is 66.4 Å². The molecule has 0 N–H and O–H groups in total. The zero-order valence-corrected chi connectivity index (χ0v) is 16.9. The SMILES string of the molecule is Cc1nc2ccc(C(=O)N3CCN(C(=O)CC(C)(C)C)CC3)cc2nc1C. The third kappa shape index (κ3) is 4.43. The molecule has 6 heteroatoms. The van der Waals surface area contributed by atoms with Crippen molar-refractivity contribution in [3.63, 3.8) is 0 Å². The maximum Gasteiger partial charge on any atom is 0.254 e. The monoisotopic (exact) mass is 368 g/mol. The van der Waals surface area contributed by atoms with Gasteiger partial charge in [0.1, 0.15) is 0 Å². The number of nitrogens with zero attached hydrogens (tertiary/aromatic N) is 4. The molecule has 6 nitrogen and oxygen atoms in total. The molecule has 0 atom stereocenters. The molecule has 27 heavy (non-hydrogen) atoms. The van der Waals surface area contributed by atoms with Crippen molar-refractivity contribution < 1.29 is 9.59 Å². The highest BCUT2D eigenvalue weighted by Gasteiger charge is 2.27. The minimum Gasteiger partial charge on any atom is -0.339 e. The molecule has 1 fully saturated rings. The van der Waals surface area contributed by atoms with Crippen LogP contribution in [0.15, 0.2) is 18.2 Å². The van der Waals surface area contributed by atoms with E-state index in [2.05, 4.69) is 30.7 Å². The van der Waals surface area contributed by atoms with E-state index in [1.54, 1.807) is 0 Å². The number of aromatic nitrogens is 2. The van der Waals surface area contributed by atoms with Crippen molar-refractivity contribution in [2.24, 2.45) is 5.41 Å². The van der Waals surface area contributed by atoms with E-state index in [0.717, 1.165) is 22.4 Å². The molecule has 2 heterocycles. The Labute approximate surface area is 160 Å². The molecular formula is C21H28N4O2. The Morgan fingerprint density at radius 1 is 0.926 bits per heavy atom. The van der Waals surface area contributed by atoms with Crippen molar-refractivity contribution in [1.29, 1.82) is 0 Å². The lowest BCUT2D eigenvalue weighted by Crippen LogP contribution is -2.51. The number of piperazine rings is 1. The standard InChI is InChI=1S/C21H28N4O2/c1-14-15(2)23-18-12-16(6-7-17(18)22-14)20(27)25-10-8-24(9-11-25)19(26)13-21(3,4)5/h6-7,12H,8-11,13H2,1-5H3. The summed E-state index contributed by atoms with van der Waals surface area (Å²) in [5.41, 5.74) is 3.91. The zero-order valence-electron chi connectivity index (χ0n) is 16.9. The van der Waals surface area contributed by atoms with Gasteiger partial charge in [0, 0.05) is 38.2 Å². The smallest absolute Gasteiger partial charge is 0.254 e. The Morgan fingerprint density at radius 2 is 1.48 bits per heavy atom. The first kappa shape index (κ1) is 19.3. The van der Waals surface area contributed by atoms with Crippen LogP contribution in [-0.4, -0.2) is 57.8 Å². The van der Waals surface area contributed by atoms with Crippen LogP contribution >= 0.6 is 0 Å². The third-order valence-electron chi connectivity index (χ3n) is 4.92. The number of amides is 2. The van der Waals surface area contributed by atoms with Gasteiger partial charge >= 0.3 is 0 Å².